The summed E-state index contributed by atoms with van der Waals surface area (Å²) in [4.78, 5) is 10.8. The number of phenols is 1. The smallest absolute Gasteiger partial charge is 0.312 e. The normalized spacial score (nSPS) is 22.3. The van der Waals surface area contributed by atoms with Gasteiger partial charge in [0.25, 0.3) is 0 Å². The molecule has 2 rings (SSSR count). The van der Waals surface area contributed by atoms with Crippen molar-refractivity contribution in [3.05, 3.63) is 23.8 Å². The van der Waals surface area contributed by atoms with Crippen LogP contribution in [-0.2, 0) is 14.6 Å². The van der Waals surface area contributed by atoms with Gasteiger partial charge in [-0.2, -0.15) is 0 Å². The number of fused-ring (bicyclic) bond motifs is 1. The Morgan fingerprint density at radius 1 is 1.40 bits per heavy atom. The predicted molar refractivity (Wildman–Crippen MR) is 50.5 cm³/mol. The summed E-state index contributed by atoms with van der Waals surface area (Å²) < 4.78 is 23.1. The second-order valence-corrected chi connectivity index (χ2v) is 5.40. The molecule has 0 aliphatic carbocycles. The van der Waals surface area contributed by atoms with Crippen molar-refractivity contribution in [3.63, 3.8) is 0 Å². The Morgan fingerprint density at radius 2 is 2.07 bits per heavy atom. The summed E-state index contributed by atoms with van der Waals surface area (Å²) in [5.74, 6) is -2.82. The van der Waals surface area contributed by atoms with Crippen molar-refractivity contribution < 1.29 is 23.4 Å². The first-order valence-corrected chi connectivity index (χ1v) is 5.85. The van der Waals surface area contributed by atoms with Crippen molar-refractivity contribution >= 4 is 15.8 Å². The number of rotatable bonds is 1. The molecule has 0 radical (unpaired) electrons. The Hall–Kier alpha value is -1.56. The molecule has 1 aromatic carbocycles. The number of carboxylic acids is 1. The van der Waals surface area contributed by atoms with Gasteiger partial charge < -0.3 is 10.2 Å². The number of phenolic OH excluding ortho intramolecular Hbond substituents is 1. The first-order chi connectivity index (χ1) is 6.92. The minimum Gasteiger partial charge on any atom is -0.508 e. The fourth-order valence-corrected chi connectivity index (χ4v) is 3.47. The lowest BCUT2D eigenvalue weighted by Gasteiger charge is -2.03. The molecular formula is C9H8O5S. The maximum absolute atomic E-state index is 11.5. The highest BCUT2D eigenvalue weighted by atomic mass is 32.2. The molecule has 0 saturated carbocycles. The van der Waals surface area contributed by atoms with Crippen LogP contribution in [0.15, 0.2) is 23.1 Å². The van der Waals surface area contributed by atoms with E-state index in [2.05, 4.69) is 0 Å². The lowest BCUT2D eigenvalue weighted by Crippen LogP contribution is -2.13. The third-order valence-corrected chi connectivity index (χ3v) is 4.20. The van der Waals surface area contributed by atoms with Crippen molar-refractivity contribution in [2.24, 2.45) is 0 Å². The van der Waals surface area contributed by atoms with E-state index in [1.54, 1.807) is 0 Å². The van der Waals surface area contributed by atoms with Crippen LogP contribution in [0, 0.1) is 0 Å². The van der Waals surface area contributed by atoms with Gasteiger partial charge in [0.05, 0.1) is 16.6 Å². The van der Waals surface area contributed by atoms with Crippen molar-refractivity contribution in [2.75, 3.05) is 5.75 Å². The van der Waals surface area contributed by atoms with Crippen molar-refractivity contribution in [1.82, 2.24) is 0 Å². The molecule has 0 aromatic heterocycles. The average Bonchev–Trinajstić information content (AvgIpc) is 2.38. The second kappa shape index (κ2) is 2.96. The number of sulfone groups is 1. The molecule has 0 bridgehead atoms. The molecule has 15 heavy (non-hydrogen) atoms. The predicted octanol–water partition coefficient (Wildman–Crippen LogP) is 0.348. The summed E-state index contributed by atoms with van der Waals surface area (Å²) in [5.41, 5.74) is 0.169. The van der Waals surface area contributed by atoms with E-state index in [1.807, 2.05) is 0 Å². The number of hydrogen-bond acceptors (Lipinski definition) is 4. The molecule has 2 N–H and O–H groups in total. The molecule has 1 aliphatic heterocycles. The molecule has 0 amide bonds. The molecule has 0 spiro atoms. The quantitative estimate of drug-likeness (QED) is 0.723. The van der Waals surface area contributed by atoms with E-state index in [4.69, 9.17) is 5.11 Å². The first-order valence-electron chi connectivity index (χ1n) is 4.20. The van der Waals surface area contributed by atoms with Crippen LogP contribution in [0.2, 0.25) is 0 Å². The van der Waals surface area contributed by atoms with Gasteiger partial charge in [-0.1, -0.05) is 0 Å². The fourth-order valence-electron chi connectivity index (χ4n) is 1.69. The van der Waals surface area contributed by atoms with E-state index < -0.39 is 27.5 Å². The number of carboxylic acid groups (broad SMARTS) is 1. The van der Waals surface area contributed by atoms with Crippen LogP contribution < -0.4 is 0 Å². The van der Waals surface area contributed by atoms with Gasteiger partial charge >= 0.3 is 5.97 Å². The highest BCUT2D eigenvalue weighted by molar-refractivity contribution is 7.91. The summed E-state index contributed by atoms with van der Waals surface area (Å²) in [6.07, 6.45) is 0. The average molecular weight is 228 g/mol. The molecule has 6 heteroatoms. The van der Waals surface area contributed by atoms with Crippen LogP contribution in [0.5, 0.6) is 5.75 Å². The van der Waals surface area contributed by atoms with Crippen LogP contribution >= 0.6 is 0 Å². The molecule has 1 aromatic rings. The number of benzene rings is 1. The van der Waals surface area contributed by atoms with Gasteiger partial charge in [-0.05, 0) is 23.8 Å². The molecule has 1 aliphatic rings. The molecule has 1 heterocycles. The molecule has 5 nitrogen and oxygen atoms in total. The van der Waals surface area contributed by atoms with Gasteiger partial charge in [-0.25, -0.2) is 8.42 Å². The Kier molecular flexibility index (Phi) is 1.97. The third-order valence-electron chi connectivity index (χ3n) is 2.39. The van der Waals surface area contributed by atoms with E-state index in [0.717, 1.165) is 0 Å². The van der Waals surface area contributed by atoms with Crippen LogP contribution in [0.4, 0.5) is 0 Å². The number of hydrogen-bond donors (Lipinski definition) is 2. The van der Waals surface area contributed by atoms with Gasteiger partial charge in [-0.3, -0.25) is 4.79 Å². The minimum atomic E-state index is -3.51. The maximum atomic E-state index is 11.5. The zero-order valence-electron chi connectivity index (χ0n) is 7.54. The van der Waals surface area contributed by atoms with Crippen LogP contribution in [0.25, 0.3) is 0 Å². The molecule has 0 saturated heterocycles. The summed E-state index contributed by atoms with van der Waals surface area (Å²) in [5, 5.41) is 18.0. The van der Waals surface area contributed by atoms with E-state index in [0.29, 0.717) is 0 Å². The van der Waals surface area contributed by atoms with E-state index >= 15 is 0 Å². The largest absolute Gasteiger partial charge is 0.508 e. The lowest BCUT2D eigenvalue weighted by molar-refractivity contribution is -0.138. The topological polar surface area (TPSA) is 91.7 Å². The summed E-state index contributed by atoms with van der Waals surface area (Å²) in [7, 11) is -3.51. The lowest BCUT2D eigenvalue weighted by atomic mass is 10.0. The standard InChI is InChI=1S/C9H8O5S/c10-5-1-2-8-6(3-5)7(9(11)12)4-15(8,13)14/h1-3,7,10H,4H2,(H,11,12). The van der Waals surface area contributed by atoms with Gasteiger partial charge in [0, 0.05) is 0 Å². The van der Waals surface area contributed by atoms with Crippen LogP contribution in [-0.4, -0.2) is 30.4 Å². The molecule has 1 unspecified atom stereocenters. The number of aliphatic carboxylic acids is 1. The SMILES string of the molecule is O=C(O)C1CS(=O)(=O)c2ccc(O)cc21. The highest BCUT2D eigenvalue weighted by Crippen LogP contribution is 2.36. The Balaban J connectivity index is 2.69. The first kappa shape index (κ1) is 9.97. The van der Waals surface area contributed by atoms with Gasteiger partial charge in [0.2, 0.25) is 0 Å². The molecule has 80 valence electrons. The number of carbonyl (C=O) groups is 1. The van der Waals surface area contributed by atoms with Gasteiger partial charge in [0.15, 0.2) is 9.84 Å². The Bertz CT molecular complexity index is 531. The molecule has 0 fully saturated rings. The van der Waals surface area contributed by atoms with E-state index in [1.165, 1.54) is 18.2 Å². The van der Waals surface area contributed by atoms with Gasteiger partial charge in [0.1, 0.15) is 5.75 Å². The highest BCUT2D eigenvalue weighted by Gasteiger charge is 2.39. The van der Waals surface area contributed by atoms with Crippen LogP contribution in [0.1, 0.15) is 11.5 Å². The summed E-state index contributed by atoms with van der Waals surface area (Å²) in [6.45, 7) is 0. The van der Waals surface area contributed by atoms with E-state index in [9.17, 15) is 18.3 Å². The second-order valence-electron chi connectivity index (χ2n) is 3.39. The van der Waals surface area contributed by atoms with E-state index in [-0.39, 0.29) is 16.2 Å². The summed E-state index contributed by atoms with van der Waals surface area (Å²) >= 11 is 0. The number of aromatic hydroxyl groups is 1. The van der Waals surface area contributed by atoms with Crippen LogP contribution in [0.3, 0.4) is 0 Å². The molecule has 1 atom stereocenters. The van der Waals surface area contributed by atoms with Crippen molar-refractivity contribution in [1.29, 1.82) is 0 Å². The third kappa shape index (κ3) is 1.46. The monoisotopic (exact) mass is 228 g/mol. The Labute approximate surface area is 85.9 Å². The zero-order valence-corrected chi connectivity index (χ0v) is 8.36. The maximum Gasteiger partial charge on any atom is 0.312 e. The summed E-state index contributed by atoms with van der Waals surface area (Å²) in [6, 6.07) is 3.67. The Morgan fingerprint density at radius 3 is 2.67 bits per heavy atom. The van der Waals surface area contributed by atoms with Gasteiger partial charge in [-0.15, -0.1) is 0 Å². The molecular weight excluding hydrogens is 220 g/mol. The van der Waals surface area contributed by atoms with Crippen molar-refractivity contribution in [3.8, 4) is 5.75 Å². The minimum absolute atomic E-state index is 0.00713. The fraction of sp³-hybridized carbons (Fsp3) is 0.222. The zero-order chi connectivity index (χ0) is 11.2. The van der Waals surface area contributed by atoms with Crippen molar-refractivity contribution in [2.45, 2.75) is 10.8 Å².